The van der Waals surface area contributed by atoms with Gasteiger partial charge in [-0.15, -0.1) is 0 Å². The van der Waals surface area contributed by atoms with E-state index < -0.39 is 0 Å². The minimum absolute atomic E-state index is 0.000627. The van der Waals surface area contributed by atoms with Gasteiger partial charge >= 0.3 is 0 Å². The fourth-order valence-electron chi connectivity index (χ4n) is 2.71. The van der Waals surface area contributed by atoms with Crippen molar-refractivity contribution >= 4 is 11.9 Å². The van der Waals surface area contributed by atoms with Crippen LogP contribution in [-0.4, -0.2) is 45.5 Å². The van der Waals surface area contributed by atoms with Crippen LogP contribution in [-0.2, 0) is 11.2 Å². The topological polar surface area (TPSA) is 86.8 Å². The first-order valence-electron chi connectivity index (χ1n) is 7.60. The molecule has 116 valence electrons. The molecule has 1 atom stereocenters. The number of hydrogen-bond acceptors (Lipinski definition) is 5. The quantitative estimate of drug-likeness (QED) is 0.852. The molecule has 0 aromatic carbocycles. The maximum Gasteiger partial charge on any atom is 0.225 e. The molecule has 7 heteroatoms. The van der Waals surface area contributed by atoms with Gasteiger partial charge in [-0.2, -0.15) is 0 Å². The molecule has 3 rings (SSSR count). The summed E-state index contributed by atoms with van der Waals surface area (Å²) < 4.78 is 0. The maximum atomic E-state index is 12.3. The Labute approximate surface area is 129 Å². The zero-order valence-corrected chi connectivity index (χ0v) is 12.4. The summed E-state index contributed by atoms with van der Waals surface area (Å²) in [7, 11) is 0. The van der Waals surface area contributed by atoms with Gasteiger partial charge < -0.3 is 15.2 Å². The summed E-state index contributed by atoms with van der Waals surface area (Å²) >= 11 is 0. The molecule has 0 saturated carbocycles. The standard InChI is InChI=1S/C15H20N6O/c22-14(17-7-4-13-9-16-11-20-13)12-3-1-8-21(10-12)15-18-5-2-6-19-15/h2,5-6,9,11-12H,1,3-4,7-8,10H2,(H,16,20)(H,17,22)/t12-/m0/s1. The second kappa shape index (κ2) is 7.02. The molecule has 0 unspecified atom stereocenters. The highest BCUT2D eigenvalue weighted by molar-refractivity contribution is 5.79. The van der Waals surface area contributed by atoms with Crippen molar-refractivity contribution in [1.29, 1.82) is 0 Å². The third-order valence-electron chi connectivity index (χ3n) is 3.88. The van der Waals surface area contributed by atoms with E-state index in [9.17, 15) is 4.79 Å². The van der Waals surface area contributed by atoms with Gasteiger partial charge in [0.15, 0.2) is 0 Å². The van der Waals surface area contributed by atoms with Gasteiger partial charge in [0, 0.05) is 50.3 Å². The van der Waals surface area contributed by atoms with Crippen molar-refractivity contribution in [3.63, 3.8) is 0 Å². The van der Waals surface area contributed by atoms with Crippen molar-refractivity contribution in [2.45, 2.75) is 19.3 Å². The molecule has 1 fully saturated rings. The lowest BCUT2D eigenvalue weighted by Crippen LogP contribution is -2.44. The molecule has 7 nitrogen and oxygen atoms in total. The molecule has 0 radical (unpaired) electrons. The number of nitrogens with zero attached hydrogens (tertiary/aromatic N) is 4. The van der Waals surface area contributed by atoms with Gasteiger partial charge in [-0.1, -0.05) is 0 Å². The fraction of sp³-hybridized carbons (Fsp3) is 0.467. The summed E-state index contributed by atoms with van der Waals surface area (Å²) in [6, 6.07) is 1.80. The Morgan fingerprint density at radius 2 is 2.27 bits per heavy atom. The summed E-state index contributed by atoms with van der Waals surface area (Å²) in [5, 5.41) is 3.01. The van der Waals surface area contributed by atoms with E-state index in [2.05, 4.69) is 30.2 Å². The van der Waals surface area contributed by atoms with Crippen molar-refractivity contribution in [3.8, 4) is 0 Å². The van der Waals surface area contributed by atoms with Crippen LogP contribution in [0, 0.1) is 5.92 Å². The second-order valence-corrected chi connectivity index (χ2v) is 5.45. The largest absolute Gasteiger partial charge is 0.355 e. The molecule has 3 heterocycles. The zero-order chi connectivity index (χ0) is 15.2. The smallest absolute Gasteiger partial charge is 0.225 e. The predicted molar refractivity (Wildman–Crippen MR) is 82.3 cm³/mol. The average Bonchev–Trinajstić information content (AvgIpc) is 3.09. The number of anilines is 1. The van der Waals surface area contributed by atoms with Crippen LogP contribution < -0.4 is 10.2 Å². The summed E-state index contributed by atoms with van der Waals surface area (Å²) in [4.78, 5) is 29.9. The van der Waals surface area contributed by atoms with E-state index in [1.54, 1.807) is 31.0 Å². The highest BCUT2D eigenvalue weighted by Crippen LogP contribution is 2.19. The Morgan fingerprint density at radius 3 is 3.05 bits per heavy atom. The Balaban J connectivity index is 1.49. The average molecular weight is 300 g/mol. The zero-order valence-electron chi connectivity index (χ0n) is 12.4. The fourth-order valence-corrected chi connectivity index (χ4v) is 2.71. The number of aromatic amines is 1. The number of carbonyl (C=O) groups is 1. The molecular weight excluding hydrogens is 280 g/mol. The lowest BCUT2D eigenvalue weighted by Gasteiger charge is -2.31. The van der Waals surface area contributed by atoms with Gasteiger partial charge in [0.2, 0.25) is 11.9 Å². The molecule has 2 aromatic heterocycles. The Morgan fingerprint density at radius 1 is 1.41 bits per heavy atom. The first kappa shape index (κ1) is 14.5. The number of imidazole rings is 1. The van der Waals surface area contributed by atoms with Gasteiger partial charge in [0.25, 0.3) is 0 Å². The number of H-pyrrole nitrogens is 1. The van der Waals surface area contributed by atoms with Crippen LogP contribution in [0.5, 0.6) is 0 Å². The molecule has 0 bridgehead atoms. The van der Waals surface area contributed by atoms with E-state index in [0.717, 1.165) is 31.5 Å². The third-order valence-corrected chi connectivity index (χ3v) is 3.88. The molecule has 22 heavy (non-hydrogen) atoms. The van der Waals surface area contributed by atoms with Crippen LogP contribution in [0.15, 0.2) is 31.0 Å². The highest BCUT2D eigenvalue weighted by Gasteiger charge is 2.26. The van der Waals surface area contributed by atoms with Crippen molar-refractivity contribution in [2.75, 3.05) is 24.5 Å². The summed E-state index contributed by atoms with van der Waals surface area (Å²) in [5.41, 5.74) is 1.03. The predicted octanol–water partition coefficient (Wildman–Crippen LogP) is 0.775. The van der Waals surface area contributed by atoms with Gasteiger partial charge in [0.05, 0.1) is 12.2 Å². The normalized spacial score (nSPS) is 18.2. The van der Waals surface area contributed by atoms with Crippen molar-refractivity contribution < 1.29 is 4.79 Å². The lowest BCUT2D eigenvalue weighted by molar-refractivity contribution is -0.125. The van der Waals surface area contributed by atoms with Crippen LogP contribution in [0.4, 0.5) is 5.95 Å². The Hall–Kier alpha value is -2.44. The molecule has 1 aliphatic heterocycles. The second-order valence-electron chi connectivity index (χ2n) is 5.45. The van der Waals surface area contributed by atoms with Gasteiger partial charge in [-0.25, -0.2) is 15.0 Å². The summed E-state index contributed by atoms with van der Waals surface area (Å²) in [5.74, 6) is 0.817. The van der Waals surface area contributed by atoms with Gasteiger partial charge in [0.1, 0.15) is 0 Å². The van der Waals surface area contributed by atoms with Gasteiger partial charge in [-0.3, -0.25) is 4.79 Å². The maximum absolute atomic E-state index is 12.3. The minimum atomic E-state index is -0.000627. The molecule has 1 aliphatic rings. The highest BCUT2D eigenvalue weighted by atomic mass is 16.1. The lowest BCUT2D eigenvalue weighted by atomic mass is 9.97. The van der Waals surface area contributed by atoms with Gasteiger partial charge in [-0.05, 0) is 18.9 Å². The molecule has 0 spiro atoms. The number of nitrogens with one attached hydrogen (secondary N) is 2. The third kappa shape index (κ3) is 3.60. The van der Waals surface area contributed by atoms with Crippen LogP contribution in [0.3, 0.4) is 0 Å². The number of piperidine rings is 1. The van der Waals surface area contributed by atoms with E-state index in [0.29, 0.717) is 19.0 Å². The molecule has 2 N–H and O–H groups in total. The van der Waals surface area contributed by atoms with Crippen molar-refractivity contribution in [2.24, 2.45) is 5.92 Å². The first-order chi connectivity index (χ1) is 10.8. The number of amides is 1. The van der Waals surface area contributed by atoms with Crippen LogP contribution in [0.2, 0.25) is 0 Å². The van der Waals surface area contributed by atoms with Crippen molar-refractivity contribution in [3.05, 3.63) is 36.7 Å². The molecule has 1 saturated heterocycles. The van der Waals surface area contributed by atoms with E-state index >= 15 is 0 Å². The van der Waals surface area contributed by atoms with E-state index in [1.807, 2.05) is 0 Å². The van der Waals surface area contributed by atoms with Crippen LogP contribution >= 0.6 is 0 Å². The Bertz CT molecular complexity index is 585. The van der Waals surface area contributed by atoms with Crippen LogP contribution in [0.1, 0.15) is 18.5 Å². The summed E-state index contributed by atoms with van der Waals surface area (Å²) in [6.07, 6.45) is 9.56. The SMILES string of the molecule is O=C(NCCc1cnc[nH]1)[C@H]1CCCN(c2ncccn2)C1. The summed E-state index contributed by atoms with van der Waals surface area (Å²) in [6.45, 7) is 2.21. The Kier molecular flexibility index (Phi) is 4.62. The first-order valence-corrected chi connectivity index (χ1v) is 7.60. The molecule has 1 amide bonds. The van der Waals surface area contributed by atoms with E-state index in [4.69, 9.17) is 0 Å². The molecule has 2 aromatic rings. The molecular formula is C15H20N6O. The number of aromatic nitrogens is 4. The minimum Gasteiger partial charge on any atom is -0.355 e. The van der Waals surface area contributed by atoms with Crippen molar-refractivity contribution in [1.82, 2.24) is 25.3 Å². The number of rotatable bonds is 5. The van der Waals surface area contributed by atoms with E-state index in [-0.39, 0.29) is 11.8 Å². The molecule has 0 aliphatic carbocycles. The monoisotopic (exact) mass is 300 g/mol. The van der Waals surface area contributed by atoms with Crippen LogP contribution in [0.25, 0.3) is 0 Å². The number of hydrogen-bond donors (Lipinski definition) is 2. The number of carbonyl (C=O) groups excluding carboxylic acids is 1. The van der Waals surface area contributed by atoms with E-state index in [1.165, 1.54) is 0 Å².